The number of hydrogen-bond donors (Lipinski definition) is 0. The second-order valence-electron chi connectivity index (χ2n) is 4.80. The molecule has 0 radical (unpaired) electrons. The van der Waals surface area contributed by atoms with Crippen LogP contribution in [0.1, 0.15) is 23.1 Å². The molecule has 0 spiro atoms. The Morgan fingerprint density at radius 2 is 2.10 bits per heavy atom. The van der Waals surface area contributed by atoms with Gasteiger partial charge in [0.15, 0.2) is 5.78 Å². The van der Waals surface area contributed by atoms with E-state index in [1.807, 2.05) is 42.9 Å². The predicted molar refractivity (Wildman–Crippen MR) is 76.6 cm³/mol. The fourth-order valence-corrected chi connectivity index (χ4v) is 2.37. The molecule has 0 saturated carbocycles. The van der Waals surface area contributed by atoms with E-state index in [1.54, 1.807) is 17.1 Å². The number of carbonyl (C=O) groups is 1. The monoisotopic (exact) mass is 268 g/mol. The van der Waals surface area contributed by atoms with E-state index in [4.69, 9.17) is 0 Å². The highest BCUT2D eigenvalue weighted by Crippen LogP contribution is 2.19. The molecule has 2 aromatic heterocycles. The summed E-state index contributed by atoms with van der Waals surface area (Å²) in [5, 5.41) is 5.58. The van der Waals surface area contributed by atoms with Gasteiger partial charge in [0.1, 0.15) is 5.69 Å². The van der Waals surface area contributed by atoms with Crippen LogP contribution >= 0.6 is 0 Å². The quantitative estimate of drug-likeness (QED) is 0.682. The van der Waals surface area contributed by atoms with Crippen LogP contribution in [-0.2, 0) is 20.0 Å². The maximum Gasteiger partial charge on any atom is 0.188 e. The molecule has 0 aliphatic carbocycles. The number of benzene rings is 1. The van der Waals surface area contributed by atoms with Crippen molar-refractivity contribution in [2.75, 3.05) is 0 Å². The van der Waals surface area contributed by atoms with Crippen LogP contribution < -0.4 is 0 Å². The summed E-state index contributed by atoms with van der Waals surface area (Å²) >= 11 is 0. The first-order valence-electron chi connectivity index (χ1n) is 6.64. The Kier molecular flexibility index (Phi) is 3.10. The number of rotatable bonds is 4. The molecule has 5 nitrogen and oxygen atoms in total. The zero-order chi connectivity index (χ0) is 14.1. The standard InChI is InChI=1S/C15H16N4O/c1-3-19-14-7-5-4-6-11(14)12(17-19)8-15(20)13-9-18(2)10-16-13/h4-7,9-10H,3,8H2,1-2H3. The van der Waals surface area contributed by atoms with Gasteiger partial charge in [0.25, 0.3) is 0 Å². The van der Waals surface area contributed by atoms with Crippen molar-refractivity contribution >= 4 is 16.7 Å². The first kappa shape index (κ1) is 12.6. The molecule has 2 heterocycles. The zero-order valence-electron chi connectivity index (χ0n) is 11.6. The summed E-state index contributed by atoms with van der Waals surface area (Å²) in [5.74, 6) is -0.00268. The molecule has 0 unspecified atom stereocenters. The van der Waals surface area contributed by atoms with Crippen molar-refractivity contribution in [1.29, 1.82) is 0 Å². The van der Waals surface area contributed by atoms with Crippen molar-refractivity contribution in [3.8, 4) is 0 Å². The number of nitrogens with zero attached hydrogens (tertiary/aromatic N) is 4. The van der Waals surface area contributed by atoms with E-state index < -0.39 is 0 Å². The molecule has 0 N–H and O–H groups in total. The average molecular weight is 268 g/mol. The number of hydrogen-bond acceptors (Lipinski definition) is 3. The Labute approximate surface area is 116 Å². The average Bonchev–Trinajstić information content (AvgIpc) is 3.03. The molecule has 0 fully saturated rings. The van der Waals surface area contributed by atoms with Gasteiger partial charge in [-0.05, 0) is 13.0 Å². The highest BCUT2D eigenvalue weighted by molar-refractivity contribution is 5.97. The lowest BCUT2D eigenvalue weighted by Crippen LogP contribution is -2.06. The van der Waals surface area contributed by atoms with E-state index >= 15 is 0 Å². The number of carbonyl (C=O) groups excluding carboxylic acids is 1. The van der Waals surface area contributed by atoms with E-state index in [9.17, 15) is 4.79 Å². The summed E-state index contributed by atoms with van der Waals surface area (Å²) in [6.45, 7) is 2.84. The van der Waals surface area contributed by atoms with Crippen LogP contribution in [0.25, 0.3) is 10.9 Å². The fourth-order valence-electron chi connectivity index (χ4n) is 2.37. The normalized spacial score (nSPS) is 11.1. The summed E-state index contributed by atoms with van der Waals surface area (Å²) in [5.41, 5.74) is 2.37. The lowest BCUT2D eigenvalue weighted by molar-refractivity contribution is 0.0987. The third-order valence-corrected chi connectivity index (χ3v) is 3.35. The van der Waals surface area contributed by atoms with Gasteiger partial charge in [-0.1, -0.05) is 18.2 Å². The Morgan fingerprint density at radius 3 is 2.80 bits per heavy atom. The summed E-state index contributed by atoms with van der Waals surface area (Å²) in [6.07, 6.45) is 3.65. The number of Topliss-reactive ketones (excluding diaryl/α,β-unsaturated/α-hetero) is 1. The molecular formula is C15H16N4O. The van der Waals surface area contributed by atoms with E-state index in [1.165, 1.54) is 0 Å². The lowest BCUT2D eigenvalue weighted by Gasteiger charge is -1.95. The van der Waals surface area contributed by atoms with Gasteiger partial charge in [-0.2, -0.15) is 5.10 Å². The van der Waals surface area contributed by atoms with Crippen molar-refractivity contribution in [3.63, 3.8) is 0 Å². The van der Waals surface area contributed by atoms with Crippen LogP contribution in [-0.4, -0.2) is 25.1 Å². The largest absolute Gasteiger partial charge is 0.340 e. The van der Waals surface area contributed by atoms with Crippen LogP contribution in [0.2, 0.25) is 0 Å². The molecule has 0 saturated heterocycles. The number of fused-ring (bicyclic) bond motifs is 1. The molecule has 0 aliphatic rings. The molecule has 3 rings (SSSR count). The zero-order valence-corrected chi connectivity index (χ0v) is 11.6. The number of aryl methyl sites for hydroxylation is 2. The van der Waals surface area contributed by atoms with Crippen LogP contribution in [0, 0.1) is 0 Å². The van der Waals surface area contributed by atoms with Gasteiger partial charge in [0, 0.05) is 25.2 Å². The molecule has 20 heavy (non-hydrogen) atoms. The predicted octanol–water partition coefficient (Wildman–Crippen LogP) is 2.22. The van der Waals surface area contributed by atoms with Gasteiger partial charge < -0.3 is 4.57 Å². The summed E-state index contributed by atoms with van der Waals surface area (Å²) in [7, 11) is 1.85. The summed E-state index contributed by atoms with van der Waals surface area (Å²) in [4.78, 5) is 16.3. The Morgan fingerprint density at radius 1 is 1.30 bits per heavy atom. The van der Waals surface area contributed by atoms with Gasteiger partial charge in [0.05, 0.1) is 24.0 Å². The SMILES string of the molecule is CCn1nc(CC(=O)c2cn(C)cn2)c2ccccc21. The Bertz CT molecular complexity index is 769. The van der Waals surface area contributed by atoms with Crippen LogP contribution in [0.15, 0.2) is 36.8 Å². The topological polar surface area (TPSA) is 52.7 Å². The molecule has 1 aromatic carbocycles. The fraction of sp³-hybridized carbons (Fsp3) is 0.267. The second-order valence-corrected chi connectivity index (χ2v) is 4.80. The molecule has 0 amide bonds. The van der Waals surface area contributed by atoms with E-state index in [2.05, 4.69) is 10.1 Å². The minimum Gasteiger partial charge on any atom is -0.340 e. The van der Waals surface area contributed by atoms with Gasteiger partial charge in [-0.25, -0.2) is 4.98 Å². The molecular weight excluding hydrogens is 252 g/mol. The first-order chi connectivity index (χ1) is 9.69. The van der Waals surface area contributed by atoms with E-state index in [0.717, 1.165) is 23.1 Å². The molecule has 0 bridgehead atoms. The van der Waals surface area contributed by atoms with Crippen molar-refractivity contribution in [2.24, 2.45) is 7.05 Å². The lowest BCUT2D eigenvalue weighted by atomic mass is 10.1. The number of aromatic nitrogens is 4. The smallest absolute Gasteiger partial charge is 0.188 e. The van der Waals surface area contributed by atoms with Crippen molar-refractivity contribution < 1.29 is 4.79 Å². The maximum absolute atomic E-state index is 12.2. The third-order valence-electron chi connectivity index (χ3n) is 3.35. The number of imidazole rings is 1. The molecule has 0 aliphatic heterocycles. The summed E-state index contributed by atoms with van der Waals surface area (Å²) < 4.78 is 3.70. The minimum atomic E-state index is -0.00268. The summed E-state index contributed by atoms with van der Waals surface area (Å²) in [6, 6.07) is 8.00. The number of ketones is 1. The van der Waals surface area contributed by atoms with Crippen molar-refractivity contribution in [2.45, 2.75) is 19.9 Å². The first-order valence-corrected chi connectivity index (χ1v) is 6.64. The van der Waals surface area contributed by atoms with Gasteiger partial charge in [0.2, 0.25) is 0 Å². The molecule has 102 valence electrons. The van der Waals surface area contributed by atoms with Gasteiger partial charge in [-0.15, -0.1) is 0 Å². The van der Waals surface area contributed by atoms with Gasteiger partial charge >= 0.3 is 0 Å². The van der Waals surface area contributed by atoms with Crippen molar-refractivity contribution in [1.82, 2.24) is 19.3 Å². The minimum absolute atomic E-state index is 0.00268. The van der Waals surface area contributed by atoms with Crippen molar-refractivity contribution in [3.05, 3.63) is 48.2 Å². The Balaban J connectivity index is 1.97. The molecule has 3 aromatic rings. The van der Waals surface area contributed by atoms with Crippen LogP contribution in [0.3, 0.4) is 0 Å². The second kappa shape index (κ2) is 4.92. The third kappa shape index (κ3) is 2.11. The molecule has 5 heteroatoms. The molecule has 0 atom stereocenters. The van der Waals surface area contributed by atoms with Crippen LogP contribution in [0.5, 0.6) is 0 Å². The van der Waals surface area contributed by atoms with E-state index in [-0.39, 0.29) is 12.2 Å². The Hall–Kier alpha value is -2.43. The maximum atomic E-state index is 12.2. The highest BCUT2D eigenvalue weighted by Gasteiger charge is 2.15. The van der Waals surface area contributed by atoms with Gasteiger partial charge in [-0.3, -0.25) is 9.48 Å². The van der Waals surface area contributed by atoms with E-state index in [0.29, 0.717) is 5.69 Å². The van der Waals surface area contributed by atoms with Crippen LogP contribution in [0.4, 0.5) is 0 Å². The number of para-hydroxylation sites is 1. The highest BCUT2D eigenvalue weighted by atomic mass is 16.1.